The first-order valence-electron chi connectivity index (χ1n) is 9.50. The van der Waals surface area contributed by atoms with E-state index in [1.807, 2.05) is 26.0 Å². The number of ether oxygens (including phenoxy) is 2. The van der Waals surface area contributed by atoms with Crippen molar-refractivity contribution in [3.8, 4) is 11.5 Å². The van der Waals surface area contributed by atoms with E-state index in [1.54, 1.807) is 0 Å². The molecule has 28 heavy (non-hydrogen) atoms. The lowest BCUT2D eigenvalue weighted by Crippen LogP contribution is -3.12. The maximum absolute atomic E-state index is 13.3. The number of benzene rings is 2. The second kappa shape index (κ2) is 9.01. The zero-order chi connectivity index (χ0) is 20.1. The molecule has 3 rings (SSSR count). The first kappa shape index (κ1) is 20.1. The van der Waals surface area contributed by atoms with Crippen LogP contribution in [0.5, 0.6) is 11.5 Å². The zero-order valence-electron chi connectivity index (χ0n) is 16.1. The number of anilines is 1. The van der Waals surface area contributed by atoms with Gasteiger partial charge in [0.1, 0.15) is 6.54 Å². The minimum atomic E-state index is -0.981. The van der Waals surface area contributed by atoms with Gasteiger partial charge in [0.2, 0.25) is 0 Å². The predicted molar refractivity (Wildman–Crippen MR) is 102 cm³/mol. The molecule has 1 unspecified atom stereocenters. The summed E-state index contributed by atoms with van der Waals surface area (Å²) in [6, 6.07) is 7.36. The van der Waals surface area contributed by atoms with Gasteiger partial charge in [-0.1, -0.05) is 0 Å². The molecular weight excluding hydrogens is 366 g/mol. The Morgan fingerprint density at radius 1 is 1.04 bits per heavy atom. The molecule has 0 bridgehead atoms. The maximum atomic E-state index is 13.3. The SMILES string of the molecule is CCOc1cc2c(cc1OCC)C[NH+](CC(=O)Nc1ccc(F)c(F)c1)CC2. The van der Waals surface area contributed by atoms with Crippen LogP contribution in [0.2, 0.25) is 0 Å². The second-order valence-corrected chi connectivity index (χ2v) is 6.71. The summed E-state index contributed by atoms with van der Waals surface area (Å²) in [5.41, 5.74) is 2.59. The molecule has 150 valence electrons. The average molecular weight is 391 g/mol. The number of fused-ring (bicyclic) bond motifs is 1. The van der Waals surface area contributed by atoms with Gasteiger partial charge in [0.15, 0.2) is 29.7 Å². The molecule has 0 fully saturated rings. The highest BCUT2D eigenvalue weighted by Crippen LogP contribution is 2.32. The Labute approximate surface area is 163 Å². The fourth-order valence-electron chi connectivity index (χ4n) is 3.40. The summed E-state index contributed by atoms with van der Waals surface area (Å²) in [6.45, 7) is 6.72. The summed E-state index contributed by atoms with van der Waals surface area (Å²) in [6.07, 6.45) is 0.829. The van der Waals surface area contributed by atoms with Gasteiger partial charge in [0.25, 0.3) is 5.91 Å². The van der Waals surface area contributed by atoms with Crippen LogP contribution in [0.15, 0.2) is 30.3 Å². The molecule has 0 aliphatic carbocycles. The molecule has 0 saturated carbocycles. The Hall–Kier alpha value is -2.67. The standard InChI is InChI=1S/C21H24F2N2O3/c1-3-27-19-9-14-7-8-25(12-15(14)10-20(19)28-4-2)13-21(26)24-16-5-6-17(22)18(23)11-16/h5-6,9-11H,3-4,7-8,12-13H2,1-2H3,(H,24,26)/p+1. The number of carbonyl (C=O) groups is 1. The number of halogens is 2. The molecule has 1 aliphatic rings. The highest BCUT2D eigenvalue weighted by Gasteiger charge is 2.24. The molecule has 5 nitrogen and oxygen atoms in total. The maximum Gasteiger partial charge on any atom is 0.279 e. The van der Waals surface area contributed by atoms with E-state index in [0.717, 1.165) is 47.1 Å². The molecule has 2 N–H and O–H groups in total. The molecule has 0 saturated heterocycles. The van der Waals surface area contributed by atoms with E-state index < -0.39 is 11.6 Å². The quantitative estimate of drug-likeness (QED) is 0.762. The Morgan fingerprint density at radius 2 is 1.71 bits per heavy atom. The summed E-state index contributed by atoms with van der Waals surface area (Å²) in [5, 5.41) is 2.63. The van der Waals surface area contributed by atoms with Crippen LogP contribution in [0, 0.1) is 11.6 Å². The topological polar surface area (TPSA) is 52.0 Å². The third-order valence-electron chi connectivity index (χ3n) is 4.67. The summed E-state index contributed by atoms with van der Waals surface area (Å²) in [7, 11) is 0. The third kappa shape index (κ3) is 4.78. The summed E-state index contributed by atoms with van der Waals surface area (Å²) >= 11 is 0. The van der Waals surface area contributed by atoms with Gasteiger partial charge in [-0.15, -0.1) is 0 Å². The Balaban J connectivity index is 1.66. The van der Waals surface area contributed by atoms with Gasteiger partial charge >= 0.3 is 0 Å². The van der Waals surface area contributed by atoms with Crippen LogP contribution in [-0.2, 0) is 17.8 Å². The molecular formula is C21H25F2N2O3+. The van der Waals surface area contributed by atoms with Crippen LogP contribution in [0.3, 0.4) is 0 Å². The third-order valence-corrected chi connectivity index (χ3v) is 4.67. The Kier molecular flexibility index (Phi) is 6.46. The average Bonchev–Trinajstić information content (AvgIpc) is 2.66. The first-order valence-corrected chi connectivity index (χ1v) is 9.50. The smallest absolute Gasteiger partial charge is 0.279 e. The van der Waals surface area contributed by atoms with Gasteiger partial charge in [0, 0.05) is 23.7 Å². The highest BCUT2D eigenvalue weighted by molar-refractivity contribution is 5.91. The van der Waals surface area contributed by atoms with Gasteiger partial charge in [-0.05, 0) is 43.7 Å². The van der Waals surface area contributed by atoms with Gasteiger partial charge in [0.05, 0.1) is 19.8 Å². The normalized spacial score (nSPS) is 15.6. The summed E-state index contributed by atoms with van der Waals surface area (Å²) in [5.74, 6) is -0.683. The van der Waals surface area contributed by atoms with E-state index >= 15 is 0 Å². The van der Waals surface area contributed by atoms with Crippen molar-refractivity contribution in [1.29, 1.82) is 0 Å². The number of amides is 1. The van der Waals surface area contributed by atoms with E-state index in [4.69, 9.17) is 9.47 Å². The van der Waals surface area contributed by atoms with E-state index in [2.05, 4.69) is 5.32 Å². The lowest BCUT2D eigenvalue weighted by molar-refractivity contribution is -0.907. The van der Waals surface area contributed by atoms with Gasteiger partial charge in [-0.2, -0.15) is 0 Å². The van der Waals surface area contributed by atoms with E-state index in [-0.39, 0.29) is 18.1 Å². The second-order valence-electron chi connectivity index (χ2n) is 6.71. The molecule has 0 aromatic heterocycles. The van der Waals surface area contributed by atoms with Crippen LogP contribution in [0.1, 0.15) is 25.0 Å². The largest absolute Gasteiger partial charge is 0.490 e. The van der Waals surface area contributed by atoms with Crippen molar-refractivity contribution in [3.63, 3.8) is 0 Å². The van der Waals surface area contributed by atoms with Gasteiger partial charge in [-0.3, -0.25) is 4.79 Å². The number of nitrogens with one attached hydrogen (secondary N) is 2. The minimum absolute atomic E-state index is 0.236. The highest BCUT2D eigenvalue weighted by atomic mass is 19.2. The van der Waals surface area contributed by atoms with Gasteiger partial charge < -0.3 is 19.7 Å². The number of quaternary nitrogens is 1. The van der Waals surface area contributed by atoms with E-state index in [1.165, 1.54) is 11.6 Å². The fraction of sp³-hybridized carbons (Fsp3) is 0.381. The molecule has 2 aromatic carbocycles. The number of hydrogen-bond donors (Lipinski definition) is 2. The summed E-state index contributed by atoms with van der Waals surface area (Å²) < 4.78 is 37.7. The van der Waals surface area contributed by atoms with Crippen molar-refractivity contribution in [2.24, 2.45) is 0 Å². The molecule has 1 aliphatic heterocycles. The van der Waals surface area contributed by atoms with Gasteiger partial charge in [-0.25, -0.2) is 8.78 Å². The Morgan fingerprint density at radius 3 is 2.36 bits per heavy atom. The molecule has 7 heteroatoms. The molecule has 1 amide bonds. The van der Waals surface area contributed by atoms with Crippen molar-refractivity contribution in [1.82, 2.24) is 0 Å². The van der Waals surface area contributed by atoms with Crippen LogP contribution in [-0.4, -0.2) is 32.2 Å². The van der Waals surface area contributed by atoms with Crippen molar-refractivity contribution < 1.29 is 27.9 Å². The lowest BCUT2D eigenvalue weighted by atomic mass is 9.98. The molecule has 1 heterocycles. The number of rotatable bonds is 7. The van der Waals surface area contributed by atoms with Crippen LogP contribution in [0.25, 0.3) is 0 Å². The van der Waals surface area contributed by atoms with Crippen molar-refractivity contribution in [3.05, 3.63) is 53.1 Å². The molecule has 1 atom stereocenters. The lowest BCUT2D eigenvalue weighted by Gasteiger charge is -2.26. The van der Waals surface area contributed by atoms with Crippen molar-refractivity contribution >= 4 is 11.6 Å². The monoisotopic (exact) mass is 391 g/mol. The van der Waals surface area contributed by atoms with Crippen molar-refractivity contribution in [2.45, 2.75) is 26.8 Å². The fourth-order valence-corrected chi connectivity index (χ4v) is 3.40. The van der Waals surface area contributed by atoms with Crippen LogP contribution in [0.4, 0.5) is 14.5 Å². The number of carbonyl (C=O) groups excluding carboxylic acids is 1. The van der Waals surface area contributed by atoms with E-state index in [9.17, 15) is 13.6 Å². The van der Waals surface area contributed by atoms with Crippen LogP contribution < -0.4 is 19.7 Å². The minimum Gasteiger partial charge on any atom is -0.490 e. The molecule has 0 radical (unpaired) electrons. The molecule has 2 aromatic rings. The number of hydrogen-bond acceptors (Lipinski definition) is 3. The Bertz CT molecular complexity index is 858. The molecule has 0 spiro atoms. The van der Waals surface area contributed by atoms with E-state index in [0.29, 0.717) is 19.8 Å². The first-order chi connectivity index (χ1) is 13.5. The van der Waals surface area contributed by atoms with Crippen LogP contribution >= 0.6 is 0 Å². The zero-order valence-corrected chi connectivity index (χ0v) is 16.1. The van der Waals surface area contributed by atoms with Crippen molar-refractivity contribution in [2.75, 3.05) is 31.6 Å². The predicted octanol–water partition coefficient (Wildman–Crippen LogP) is 2.34. The summed E-state index contributed by atoms with van der Waals surface area (Å²) in [4.78, 5) is 13.4.